The zero-order valence-corrected chi connectivity index (χ0v) is 8.94. The van der Waals surface area contributed by atoms with Crippen LogP contribution in [0, 0.1) is 0 Å². The lowest BCUT2D eigenvalue weighted by Gasteiger charge is -2.22. The summed E-state index contributed by atoms with van der Waals surface area (Å²) in [6.07, 6.45) is -2.51. The standard InChI is InChI=1S/C12H15F2NO/c13-11(14)12(16)6-7-15(9-12)8-10-4-2-1-3-5-10/h1-5,11,16H,6-9H2/t12-/m1/s1. The van der Waals surface area contributed by atoms with E-state index in [1.807, 2.05) is 35.2 Å². The topological polar surface area (TPSA) is 23.5 Å². The van der Waals surface area contributed by atoms with Gasteiger partial charge in [0.1, 0.15) is 5.60 Å². The van der Waals surface area contributed by atoms with E-state index in [0.717, 1.165) is 5.56 Å². The lowest BCUT2D eigenvalue weighted by Crippen LogP contribution is -2.40. The smallest absolute Gasteiger partial charge is 0.268 e. The van der Waals surface area contributed by atoms with E-state index in [4.69, 9.17) is 0 Å². The van der Waals surface area contributed by atoms with E-state index in [9.17, 15) is 13.9 Å². The molecule has 1 aromatic rings. The van der Waals surface area contributed by atoms with Crippen molar-refractivity contribution in [1.29, 1.82) is 0 Å². The molecule has 0 aliphatic carbocycles. The van der Waals surface area contributed by atoms with Gasteiger partial charge in [0.15, 0.2) is 0 Å². The van der Waals surface area contributed by atoms with Crippen LogP contribution in [0.4, 0.5) is 8.78 Å². The Morgan fingerprint density at radius 3 is 2.56 bits per heavy atom. The molecule has 0 saturated carbocycles. The molecule has 1 N–H and O–H groups in total. The summed E-state index contributed by atoms with van der Waals surface area (Å²) >= 11 is 0. The molecule has 1 fully saturated rings. The average molecular weight is 227 g/mol. The third-order valence-electron chi connectivity index (χ3n) is 3.01. The van der Waals surface area contributed by atoms with Crippen LogP contribution < -0.4 is 0 Å². The summed E-state index contributed by atoms with van der Waals surface area (Å²) in [6, 6.07) is 9.68. The molecule has 1 aromatic carbocycles. The molecule has 1 saturated heterocycles. The first-order chi connectivity index (χ1) is 7.60. The minimum atomic E-state index is -2.66. The first kappa shape index (κ1) is 11.5. The van der Waals surface area contributed by atoms with Gasteiger partial charge in [0.25, 0.3) is 6.43 Å². The van der Waals surface area contributed by atoms with Gasteiger partial charge in [-0.2, -0.15) is 0 Å². The molecule has 4 heteroatoms. The van der Waals surface area contributed by atoms with Crippen molar-refractivity contribution in [2.45, 2.75) is 25.0 Å². The fraction of sp³-hybridized carbons (Fsp3) is 0.500. The van der Waals surface area contributed by atoms with Gasteiger partial charge in [0, 0.05) is 19.6 Å². The highest BCUT2D eigenvalue weighted by Gasteiger charge is 2.43. The molecule has 0 spiro atoms. The summed E-state index contributed by atoms with van der Waals surface area (Å²) in [5.41, 5.74) is -0.726. The first-order valence-electron chi connectivity index (χ1n) is 5.37. The number of hydrogen-bond donors (Lipinski definition) is 1. The van der Waals surface area contributed by atoms with Crippen LogP contribution in [-0.4, -0.2) is 35.1 Å². The van der Waals surface area contributed by atoms with Crippen LogP contribution in [0.1, 0.15) is 12.0 Å². The number of halogens is 2. The molecule has 2 nitrogen and oxygen atoms in total. The van der Waals surface area contributed by atoms with Crippen molar-refractivity contribution in [3.8, 4) is 0 Å². The van der Waals surface area contributed by atoms with Crippen molar-refractivity contribution in [3.05, 3.63) is 35.9 Å². The van der Waals surface area contributed by atoms with Gasteiger partial charge in [-0.3, -0.25) is 4.90 Å². The van der Waals surface area contributed by atoms with Crippen LogP contribution in [0.2, 0.25) is 0 Å². The molecule has 0 radical (unpaired) electrons. The van der Waals surface area contributed by atoms with Crippen molar-refractivity contribution in [1.82, 2.24) is 4.90 Å². The van der Waals surface area contributed by atoms with E-state index in [0.29, 0.717) is 13.1 Å². The lowest BCUT2D eigenvalue weighted by atomic mass is 10.1. The monoisotopic (exact) mass is 227 g/mol. The fourth-order valence-electron chi connectivity index (χ4n) is 2.05. The van der Waals surface area contributed by atoms with E-state index in [1.54, 1.807) is 0 Å². The predicted molar refractivity (Wildman–Crippen MR) is 57.3 cm³/mol. The van der Waals surface area contributed by atoms with Gasteiger partial charge in [0.05, 0.1) is 0 Å². The number of nitrogens with zero attached hydrogens (tertiary/aromatic N) is 1. The molecule has 0 bridgehead atoms. The Kier molecular flexibility index (Phi) is 3.21. The molecule has 16 heavy (non-hydrogen) atoms. The largest absolute Gasteiger partial charge is 0.383 e. The number of rotatable bonds is 3. The molecule has 88 valence electrons. The van der Waals surface area contributed by atoms with Gasteiger partial charge in [0.2, 0.25) is 0 Å². The van der Waals surface area contributed by atoms with Gasteiger partial charge >= 0.3 is 0 Å². The molecule has 1 heterocycles. The molecule has 1 aliphatic rings. The van der Waals surface area contributed by atoms with E-state index < -0.39 is 12.0 Å². The van der Waals surface area contributed by atoms with Crippen molar-refractivity contribution in [3.63, 3.8) is 0 Å². The van der Waals surface area contributed by atoms with Crippen molar-refractivity contribution in [2.75, 3.05) is 13.1 Å². The highest BCUT2D eigenvalue weighted by Crippen LogP contribution is 2.28. The maximum atomic E-state index is 12.6. The molecule has 0 amide bonds. The molecular weight excluding hydrogens is 212 g/mol. The number of hydrogen-bond acceptors (Lipinski definition) is 2. The Labute approximate surface area is 93.5 Å². The zero-order chi connectivity index (χ0) is 11.6. The summed E-state index contributed by atoms with van der Waals surface area (Å²) in [5.74, 6) is 0. The van der Waals surface area contributed by atoms with Crippen LogP contribution in [0.15, 0.2) is 30.3 Å². The Morgan fingerprint density at radius 1 is 1.31 bits per heavy atom. The molecule has 1 aliphatic heterocycles. The lowest BCUT2D eigenvalue weighted by molar-refractivity contribution is -0.0872. The highest BCUT2D eigenvalue weighted by molar-refractivity contribution is 5.15. The Balaban J connectivity index is 1.95. The van der Waals surface area contributed by atoms with Gasteiger partial charge in [-0.25, -0.2) is 8.78 Å². The van der Waals surface area contributed by atoms with Gasteiger partial charge < -0.3 is 5.11 Å². The van der Waals surface area contributed by atoms with Crippen LogP contribution >= 0.6 is 0 Å². The number of likely N-dealkylation sites (tertiary alicyclic amines) is 1. The van der Waals surface area contributed by atoms with Crippen LogP contribution in [0.5, 0.6) is 0 Å². The van der Waals surface area contributed by atoms with E-state index in [-0.39, 0.29) is 13.0 Å². The quantitative estimate of drug-likeness (QED) is 0.852. The van der Waals surface area contributed by atoms with Gasteiger partial charge in [-0.1, -0.05) is 30.3 Å². The fourth-order valence-corrected chi connectivity index (χ4v) is 2.05. The highest BCUT2D eigenvalue weighted by atomic mass is 19.3. The van der Waals surface area contributed by atoms with Gasteiger partial charge in [-0.05, 0) is 12.0 Å². The van der Waals surface area contributed by atoms with Crippen LogP contribution in [0.3, 0.4) is 0 Å². The van der Waals surface area contributed by atoms with Gasteiger partial charge in [-0.15, -0.1) is 0 Å². The van der Waals surface area contributed by atoms with Crippen molar-refractivity contribution in [2.24, 2.45) is 0 Å². The average Bonchev–Trinajstić information content (AvgIpc) is 2.63. The predicted octanol–water partition coefficient (Wildman–Crippen LogP) is 1.89. The SMILES string of the molecule is O[C@]1(C(F)F)CCN(Cc2ccccc2)C1. The maximum absolute atomic E-state index is 12.6. The second-order valence-electron chi connectivity index (χ2n) is 4.35. The Bertz CT molecular complexity index is 344. The molecule has 1 atom stereocenters. The zero-order valence-electron chi connectivity index (χ0n) is 8.94. The molecule has 0 aromatic heterocycles. The summed E-state index contributed by atoms with van der Waals surface area (Å²) in [5, 5.41) is 9.63. The van der Waals surface area contributed by atoms with Crippen molar-refractivity contribution >= 4 is 0 Å². The molecule has 2 rings (SSSR count). The second-order valence-corrected chi connectivity index (χ2v) is 4.35. The number of aliphatic hydroxyl groups is 1. The summed E-state index contributed by atoms with van der Waals surface area (Å²) in [4.78, 5) is 1.86. The van der Waals surface area contributed by atoms with E-state index in [1.165, 1.54) is 0 Å². The number of alkyl halides is 2. The van der Waals surface area contributed by atoms with E-state index >= 15 is 0 Å². The Morgan fingerprint density at radius 2 is 2.00 bits per heavy atom. The number of benzene rings is 1. The molecule has 0 unspecified atom stereocenters. The minimum absolute atomic E-state index is 0.0551. The second kappa shape index (κ2) is 4.47. The van der Waals surface area contributed by atoms with Crippen molar-refractivity contribution < 1.29 is 13.9 Å². The Hall–Kier alpha value is -1.00. The molecular formula is C12H15F2NO. The number of β-amino-alcohol motifs (C(OH)–C–C–N with tert-alkyl or cyclic N) is 1. The third kappa shape index (κ3) is 2.39. The summed E-state index contributed by atoms with van der Waals surface area (Å²) in [6.45, 7) is 1.20. The van der Waals surface area contributed by atoms with Crippen LogP contribution in [-0.2, 0) is 6.54 Å². The third-order valence-corrected chi connectivity index (χ3v) is 3.01. The van der Waals surface area contributed by atoms with Crippen LogP contribution in [0.25, 0.3) is 0 Å². The normalized spacial score (nSPS) is 26.5. The first-order valence-corrected chi connectivity index (χ1v) is 5.37. The summed E-state index contributed by atoms with van der Waals surface area (Å²) in [7, 11) is 0. The maximum Gasteiger partial charge on any atom is 0.268 e. The summed E-state index contributed by atoms with van der Waals surface area (Å²) < 4.78 is 25.1. The van der Waals surface area contributed by atoms with E-state index in [2.05, 4.69) is 0 Å². The minimum Gasteiger partial charge on any atom is -0.383 e.